The third-order valence-electron chi connectivity index (χ3n) is 2.14. The highest BCUT2D eigenvalue weighted by molar-refractivity contribution is 5.92. The van der Waals surface area contributed by atoms with Crippen molar-refractivity contribution in [2.45, 2.75) is 13.1 Å². The van der Waals surface area contributed by atoms with Gasteiger partial charge in [-0.05, 0) is 18.2 Å². The molecule has 0 aliphatic heterocycles. The van der Waals surface area contributed by atoms with Gasteiger partial charge in [0, 0.05) is 12.6 Å². The average Bonchev–Trinajstić information content (AvgIpc) is 2.34. The maximum absolute atomic E-state index is 12.5. The second-order valence-electron chi connectivity index (χ2n) is 3.70. The minimum Gasteiger partial charge on any atom is -0.456 e. The molecule has 20 heavy (non-hydrogen) atoms. The van der Waals surface area contributed by atoms with Crippen molar-refractivity contribution in [3.8, 4) is 6.07 Å². The fourth-order valence-electron chi connectivity index (χ4n) is 1.33. The number of anilines is 1. The summed E-state index contributed by atoms with van der Waals surface area (Å²) in [5, 5.41) is 10.9. The lowest BCUT2D eigenvalue weighted by Crippen LogP contribution is -2.20. The molecule has 0 radical (unpaired) electrons. The van der Waals surface area contributed by atoms with Crippen LogP contribution >= 0.6 is 0 Å². The summed E-state index contributed by atoms with van der Waals surface area (Å²) < 4.78 is 42.0. The van der Waals surface area contributed by atoms with Gasteiger partial charge in [0.05, 0.1) is 17.2 Å². The first-order valence-corrected chi connectivity index (χ1v) is 5.28. The van der Waals surface area contributed by atoms with Gasteiger partial charge < -0.3 is 10.1 Å². The number of nitrogens with zero attached hydrogens (tertiary/aromatic N) is 1. The number of rotatable bonds is 3. The predicted molar refractivity (Wildman–Crippen MR) is 61.4 cm³/mol. The van der Waals surface area contributed by atoms with Gasteiger partial charge in [0.2, 0.25) is 0 Å². The lowest BCUT2D eigenvalue weighted by Gasteiger charge is -2.11. The molecule has 0 spiro atoms. The van der Waals surface area contributed by atoms with E-state index < -0.39 is 35.8 Å². The SMILES string of the molecule is CC(=O)OCC(=O)Nc1ccc(C(F)(F)F)c(C#N)c1. The normalized spacial score (nSPS) is 10.6. The van der Waals surface area contributed by atoms with Gasteiger partial charge in [-0.25, -0.2) is 0 Å². The van der Waals surface area contributed by atoms with Gasteiger partial charge in [0.15, 0.2) is 6.61 Å². The first-order chi connectivity index (χ1) is 9.24. The number of amides is 1. The minimum absolute atomic E-state index is 0.00621. The molecule has 1 aromatic carbocycles. The molecule has 106 valence electrons. The van der Waals surface area contributed by atoms with Crippen LogP contribution in [0.4, 0.5) is 18.9 Å². The maximum Gasteiger partial charge on any atom is 0.417 e. The van der Waals surface area contributed by atoms with Gasteiger partial charge >= 0.3 is 12.1 Å². The van der Waals surface area contributed by atoms with Crippen molar-refractivity contribution in [2.75, 3.05) is 11.9 Å². The Labute approximate surface area is 111 Å². The molecule has 1 amide bonds. The summed E-state index contributed by atoms with van der Waals surface area (Å²) >= 11 is 0. The van der Waals surface area contributed by atoms with E-state index in [0.717, 1.165) is 19.1 Å². The van der Waals surface area contributed by atoms with Gasteiger partial charge in [0.1, 0.15) is 0 Å². The average molecular weight is 286 g/mol. The summed E-state index contributed by atoms with van der Waals surface area (Å²) in [6.45, 7) is 0.553. The van der Waals surface area contributed by atoms with Gasteiger partial charge in [-0.15, -0.1) is 0 Å². The molecule has 1 N–H and O–H groups in total. The predicted octanol–water partition coefficient (Wildman–Crippen LogP) is 2.08. The van der Waals surface area contributed by atoms with Crippen molar-refractivity contribution in [3.05, 3.63) is 29.3 Å². The smallest absolute Gasteiger partial charge is 0.417 e. The summed E-state index contributed by atoms with van der Waals surface area (Å²) in [5.41, 5.74) is -1.69. The summed E-state index contributed by atoms with van der Waals surface area (Å²) in [6.07, 6.45) is -4.65. The number of alkyl halides is 3. The molecule has 0 atom stereocenters. The Morgan fingerprint density at radius 1 is 1.40 bits per heavy atom. The zero-order valence-electron chi connectivity index (χ0n) is 10.2. The number of halogens is 3. The van der Waals surface area contributed by atoms with E-state index in [9.17, 15) is 22.8 Å². The number of hydrogen-bond acceptors (Lipinski definition) is 4. The van der Waals surface area contributed by atoms with Crippen LogP contribution in [0.25, 0.3) is 0 Å². The quantitative estimate of drug-likeness (QED) is 0.863. The number of hydrogen-bond donors (Lipinski definition) is 1. The second-order valence-corrected chi connectivity index (χ2v) is 3.70. The van der Waals surface area contributed by atoms with E-state index in [0.29, 0.717) is 6.07 Å². The molecule has 8 heteroatoms. The van der Waals surface area contributed by atoms with Crippen LogP contribution in [-0.4, -0.2) is 18.5 Å². The van der Waals surface area contributed by atoms with E-state index in [1.165, 1.54) is 6.07 Å². The standard InChI is InChI=1S/C12H9F3N2O3/c1-7(18)20-6-11(19)17-9-2-3-10(12(13,14)15)8(4-9)5-16/h2-4H,6H2,1H3,(H,17,19). The van der Waals surface area contributed by atoms with Crippen LogP contribution in [0.3, 0.4) is 0 Å². The van der Waals surface area contributed by atoms with Gasteiger partial charge in [-0.3, -0.25) is 9.59 Å². The third-order valence-corrected chi connectivity index (χ3v) is 2.14. The summed E-state index contributed by atoms with van der Waals surface area (Å²) in [4.78, 5) is 21.8. The first kappa shape index (κ1) is 15.5. The lowest BCUT2D eigenvalue weighted by atomic mass is 10.1. The molecule has 0 aliphatic rings. The van der Waals surface area contributed by atoms with Gasteiger partial charge in [0.25, 0.3) is 5.91 Å². The second kappa shape index (κ2) is 6.06. The highest BCUT2D eigenvalue weighted by Crippen LogP contribution is 2.32. The van der Waals surface area contributed by atoms with Crippen molar-refractivity contribution in [1.82, 2.24) is 0 Å². The molecule has 0 saturated heterocycles. The Kier molecular flexibility index (Phi) is 4.69. The Morgan fingerprint density at radius 2 is 2.05 bits per heavy atom. The number of nitriles is 1. The fourth-order valence-corrected chi connectivity index (χ4v) is 1.33. The van der Waals surface area contributed by atoms with Crippen LogP contribution in [0.5, 0.6) is 0 Å². The van der Waals surface area contributed by atoms with Crippen molar-refractivity contribution in [2.24, 2.45) is 0 Å². The van der Waals surface area contributed by atoms with Crippen molar-refractivity contribution in [3.63, 3.8) is 0 Å². The highest BCUT2D eigenvalue weighted by Gasteiger charge is 2.33. The van der Waals surface area contributed by atoms with E-state index >= 15 is 0 Å². The summed E-state index contributed by atoms with van der Waals surface area (Å²) in [5.74, 6) is -1.38. The molecule has 5 nitrogen and oxygen atoms in total. The molecule has 0 heterocycles. The molecule has 1 rings (SSSR count). The molecule has 1 aromatic rings. The van der Waals surface area contributed by atoms with Crippen LogP contribution in [0, 0.1) is 11.3 Å². The zero-order valence-corrected chi connectivity index (χ0v) is 10.2. The molecular weight excluding hydrogens is 277 g/mol. The van der Waals surface area contributed by atoms with E-state index in [1.54, 1.807) is 0 Å². The minimum atomic E-state index is -4.65. The largest absolute Gasteiger partial charge is 0.456 e. The molecule has 0 fully saturated rings. The number of ether oxygens (including phenoxy) is 1. The Hall–Kier alpha value is -2.56. The van der Waals surface area contributed by atoms with Gasteiger partial charge in [-0.1, -0.05) is 0 Å². The maximum atomic E-state index is 12.5. The van der Waals surface area contributed by atoms with Crippen molar-refractivity contribution < 1.29 is 27.5 Å². The zero-order chi connectivity index (χ0) is 15.3. The number of benzene rings is 1. The van der Waals surface area contributed by atoms with E-state index in [4.69, 9.17) is 5.26 Å². The Morgan fingerprint density at radius 3 is 2.55 bits per heavy atom. The monoisotopic (exact) mass is 286 g/mol. The van der Waals surface area contributed by atoms with E-state index in [1.807, 2.05) is 0 Å². The van der Waals surface area contributed by atoms with Gasteiger partial charge in [-0.2, -0.15) is 18.4 Å². The van der Waals surface area contributed by atoms with Crippen LogP contribution in [0.15, 0.2) is 18.2 Å². The molecule has 0 bridgehead atoms. The summed E-state index contributed by atoms with van der Waals surface area (Å²) in [7, 11) is 0. The van der Waals surface area contributed by atoms with Crippen molar-refractivity contribution in [1.29, 1.82) is 5.26 Å². The molecule has 0 unspecified atom stereocenters. The van der Waals surface area contributed by atoms with Crippen LogP contribution in [0.1, 0.15) is 18.1 Å². The van der Waals surface area contributed by atoms with Crippen molar-refractivity contribution >= 4 is 17.6 Å². The first-order valence-electron chi connectivity index (χ1n) is 5.28. The van der Waals surface area contributed by atoms with E-state index in [-0.39, 0.29) is 5.69 Å². The Balaban J connectivity index is 2.87. The van der Waals surface area contributed by atoms with Crippen LogP contribution < -0.4 is 5.32 Å². The van der Waals surface area contributed by atoms with E-state index in [2.05, 4.69) is 10.1 Å². The fraction of sp³-hybridized carbons (Fsp3) is 0.250. The van der Waals surface area contributed by atoms with Crippen LogP contribution in [0.2, 0.25) is 0 Å². The third kappa shape index (κ3) is 4.28. The summed E-state index contributed by atoms with van der Waals surface area (Å²) in [6, 6.07) is 4.01. The number of esters is 1. The Bertz CT molecular complexity index is 576. The molecule has 0 aliphatic carbocycles. The topological polar surface area (TPSA) is 79.2 Å². The number of carbonyl (C=O) groups excluding carboxylic acids is 2. The number of nitrogens with one attached hydrogen (secondary N) is 1. The van der Waals surface area contributed by atoms with Crippen LogP contribution in [-0.2, 0) is 20.5 Å². The lowest BCUT2D eigenvalue weighted by molar-refractivity contribution is -0.145. The number of carbonyl (C=O) groups is 2. The molecule has 0 saturated carbocycles. The molecular formula is C12H9F3N2O3. The molecule has 0 aromatic heterocycles. The highest BCUT2D eigenvalue weighted by atomic mass is 19.4.